The van der Waals surface area contributed by atoms with Crippen LogP contribution in [0.5, 0.6) is 0 Å². The summed E-state index contributed by atoms with van der Waals surface area (Å²) in [7, 11) is 3.96. The Morgan fingerprint density at radius 2 is 1.65 bits per heavy atom. The Bertz CT molecular complexity index is 1280. The van der Waals surface area contributed by atoms with Crippen molar-refractivity contribution in [1.29, 1.82) is 0 Å². The third-order valence-corrected chi connectivity index (χ3v) is 6.89. The van der Waals surface area contributed by atoms with Gasteiger partial charge in [-0.05, 0) is 72.9 Å². The summed E-state index contributed by atoms with van der Waals surface area (Å²) in [4.78, 5) is 33.0. The second kappa shape index (κ2) is 12.0. The highest BCUT2D eigenvalue weighted by molar-refractivity contribution is 5.95. The molecule has 1 heterocycles. The second-order valence-electron chi connectivity index (χ2n) is 9.93. The molecular formula is C31H34FN3O2. The standard InChI is InChI=1S/C31H34FN3O2/c1-22(36)9-10-23-17-29(20-33-19-23)35(31(37)25-7-5-4-6-8-25)21-27-12-11-26(18-30(27)32)24-13-15-28(16-14-24)34(2)3/h9-20,25H,4-8,21H2,1-3H3/b10-9+. The summed E-state index contributed by atoms with van der Waals surface area (Å²) in [5.74, 6) is -0.505. The molecule has 0 bridgehead atoms. The summed E-state index contributed by atoms with van der Waals surface area (Å²) in [5, 5.41) is 0. The molecule has 0 N–H and O–H groups in total. The normalized spacial score (nSPS) is 14.1. The smallest absolute Gasteiger partial charge is 0.230 e. The van der Waals surface area contributed by atoms with E-state index in [1.807, 2.05) is 55.4 Å². The van der Waals surface area contributed by atoms with Crippen LogP contribution in [0.15, 0.2) is 67.0 Å². The molecule has 0 aliphatic heterocycles. The number of aromatic nitrogens is 1. The molecule has 0 saturated heterocycles. The molecule has 0 atom stereocenters. The number of ketones is 1. The van der Waals surface area contributed by atoms with Crippen LogP contribution in [0.1, 0.15) is 50.2 Å². The Morgan fingerprint density at radius 1 is 0.946 bits per heavy atom. The zero-order chi connectivity index (χ0) is 26.4. The number of hydrogen-bond acceptors (Lipinski definition) is 4. The number of anilines is 2. The maximum absolute atomic E-state index is 15.4. The zero-order valence-electron chi connectivity index (χ0n) is 21.8. The van der Waals surface area contributed by atoms with Gasteiger partial charge in [-0.3, -0.25) is 14.6 Å². The summed E-state index contributed by atoms with van der Waals surface area (Å²) in [6.07, 6.45) is 11.3. The molecule has 37 heavy (non-hydrogen) atoms. The average Bonchev–Trinajstić information content (AvgIpc) is 2.91. The molecule has 1 amide bonds. The van der Waals surface area contributed by atoms with Crippen LogP contribution >= 0.6 is 0 Å². The van der Waals surface area contributed by atoms with Crippen LogP contribution in [0.2, 0.25) is 0 Å². The highest BCUT2D eigenvalue weighted by Crippen LogP contribution is 2.30. The Hall–Kier alpha value is -3.80. The number of amides is 1. The molecule has 0 unspecified atom stereocenters. The molecule has 1 aliphatic rings. The highest BCUT2D eigenvalue weighted by atomic mass is 19.1. The van der Waals surface area contributed by atoms with Gasteiger partial charge in [0.25, 0.3) is 0 Å². The fourth-order valence-electron chi connectivity index (χ4n) is 4.74. The van der Waals surface area contributed by atoms with Crippen molar-refractivity contribution in [3.05, 3.63) is 83.9 Å². The zero-order valence-corrected chi connectivity index (χ0v) is 21.8. The fraction of sp³-hybridized carbons (Fsp3) is 0.323. The van der Waals surface area contributed by atoms with E-state index in [2.05, 4.69) is 4.98 Å². The van der Waals surface area contributed by atoms with E-state index in [1.54, 1.807) is 29.4 Å². The van der Waals surface area contributed by atoms with Gasteiger partial charge in [0.1, 0.15) is 5.82 Å². The summed E-state index contributed by atoms with van der Waals surface area (Å²) >= 11 is 0. The van der Waals surface area contributed by atoms with Gasteiger partial charge in [0.05, 0.1) is 18.4 Å². The van der Waals surface area contributed by atoms with Crippen LogP contribution in [0.25, 0.3) is 17.2 Å². The lowest BCUT2D eigenvalue weighted by atomic mass is 9.88. The van der Waals surface area contributed by atoms with Gasteiger partial charge in [0.15, 0.2) is 5.78 Å². The Kier molecular flexibility index (Phi) is 8.49. The van der Waals surface area contributed by atoms with E-state index in [-0.39, 0.29) is 30.0 Å². The lowest BCUT2D eigenvalue weighted by Crippen LogP contribution is -2.37. The summed E-state index contributed by atoms with van der Waals surface area (Å²) < 4.78 is 15.4. The molecule has 4 rings (SSSR count). The number of rotatable bonds is 8. The largest absolute Gasteiger partial charge is 0.378 e. The Labute approximate surface area is 218 Å². The number of nitrogens with zero attached hydrogens (tertiary/aromatic N) is 3. The van der Waals surface area contributed by atoms with Gasteiger partial charge in [0, 0.05) is 37.5 Å². The van der Waals surface area contributed by atoms with Crippen molar-refractivity contribution < 1.29 is 14.0 Å². The van der Waals surface area contributed by atoms with E-state index >= 15 is 4.39 Å². The van der Waals surface area contributed by atoms with E-state index in [9.17, 15) is 9.59 Å². The summed E-state index contributed by atoms with van der Waals surface area (Å²) in [6, 6.07) is 15.0. The predicted molar refractivity (Wildman–Crippen MR) is 148 cm³/mol. The molecule has 1 aromatic heterocycles. The van der Waals surface area contributed by atoms with Gasteiger partial charge in [0.2, 0.25) is 5.91 Å². The second-order valence-corrected chi connectivity index (χ2v) is 9.93. The first-order valence-electron chi connectivity index (χ1n) is 12.8. The minimum Gasteiger partial charge on any atom is -0.378 e. The van der Waals surface area contributed by atoms with Crippen molar-refractivity contribution in [2.24, 2.45) is 5.92 Å². The third kappa shape index (κ3) is 6.70. The molecule has 2 aromatic carbocycles. The molecule has 0 radical (unpaired) electrons. The van der Waals surface area contributed by atoms with E-state index < -0.39 is 0 Å². The Balaban J connectivity index is 1.63. The molecular weight excluding hydrogens is 465 g/mol. The first-order valence-corrected chi connectivity index (χ1v) is 12.8. The van der Waals surface area contributed by atoms with Crippen LogP contribution in [0, 0.1) is 11.7 Å². The van der Waals surface area contributed by atoms with Crippen molar-refractivity contribution in [3.8, 4) is 11.1 Å². The number of pyridine rings is 1. The molecule has 0 spiro atoms. The quantitative estimate of drug-likeness (QED) is 0.325. The van der Waals surface area contributed by atoms with Crippen molar-refractivity contribution in [2.75, 3.05) is 23.9 Å². The summed E-state index contributed by atoms with van der Waals surface area (Å²) in [5.41, 5.74) is 4.56. The molecule has 5 nitrogen and oxygen atoms in total. The van der Waals surface area contributed by atoms with Crippen LogP contribution < -0.4 is 9.80 Å². The number of allylic oxidation sites excluding steroid dienone is 1. The van der Waals surface area contributed by atoms with Gasteiger partial charge < -0.3 is 9.80 Å². The number of carbonyl (C=O) groups excluding carboxylic acids is 2. The molecule has 1 aliphatic carbocycles. The first-order chi connectivity index (χ1) is 17.8. The van der Waals surface area contributed by atoms with E-state index in [0.717, 1.165) is 48.9 Å². The topological polar surface area (TPSA) is 53.5 Å². The maximum Gasteiger partial charge on any atom is 0.230 e. The number of halogens is 1. The van der Waals surface area contributed by atoms with Crippen LogP contribution in [0.3, 0.4) is 0 Å². The SMILES string of the molecule is CC(=O)/C=C/c1cncc(N(Cc2ccc(-c3ccc(N(C)C)cc3)cc2F)C(=O)C2CCCCC2)c1. The number of benzene rings is 2. The minimum absolute atomic E-state index is 0.00283. The first kappa shape index (κ1) is 26.3. The molecule has 3 aromatic rings. The van der Waals surface area contributed by atoms with E-state index in [4.69, 9.17) is 0 Å². The van der Waals surface area contributed by atoms with E-state index in [0.29, 0.717) is 16.8 Å². The maximum atomic E-state index is 15.4. The van der Waals surface area contributed by atoms with E-state index in [1.165, 1.54) is 19.1 Å². The highest BCUT2D eigenvalue weighted by Gasteiger charge is 2.28. The minimum atomic E-state index is -0.351. The van der Waals surface area contributed by atoms with Crippen molar-refractivity contribution in [3.63, 3.8) is 0 Å². The van der Waals surface area contributed by atoms with Gasteiger partial charge in [-0.2, -0.15) is 0 Å². The molecule has 1 fully saturated rings. The lowest BCUT2D eigenvalue weighted by Gasteiger charge is -2.29. The van der Waals surface area contributed by atoms with Gasteiger partial charge in [-0.15, -0.1) is 0 Å². The predicted octanol–water partition coefficient (Wildman–Crippen LogP) is 6.67. The molecule has 192 valence electrons. The van der Waals surface area contributed by atoms with Crippen LogP contribution in [-0.2, 0) is 16.1 Å². The van der Waals surface area contributed by atoms with Crippen molar-refractivity contribution >= 4 is 29.1 Å². The van der Waals surface area contributed by atoms with Gasteiger partial charge in [-0.25, -0.2) is 4.39 Å². The Morgan fingerprint density at radius 3 is 2.30 bits per heavy atom. The average molecular weight is 500 g/mol. The monoisotopic (exact) mass is 499 g/mol. The van der Waals surface area contributed by atoms with Crippen molar-refractivity contribution in [2.45, 2.75) is 45.6 Å². The number of hydrogen-bond donors (Lipinski definition) is 0. The van der Waals surface area contributed by atoms with Gasteiger partial charge >= 0.3 is 0 Å². The molecule has 6 heteroatoms. The summed E-state index contributed by atoms with van der Waals surface area (Å²) in [6.45, 7) is 1.60. The van der Waals surface area contributed by atoms with Gasteiger partial charge in [-0.1, -0.05) is 43.5 Å². The van der Waals surface area contributed by atoms with Crippen LogP contribution in [0.4, 0.5) is 15.8 Å². The third-order valence-electron chi connectivity index (χ3n) is 6.89. The van der Waals surface area contributed by atoms with Crippen LogP contribution in [-0.4, -0.2) is 30.8 Å². The molecule has 1 saturated carbocycles. The lowest BCUT2D eigenvalue weighted by molar-refractivity contribution is -0.123. The van der Waals surface area contributed by atoms with Crippen molar-refractivity contribution in [1.82, 2.24) is 4.98 Å². The number of carbonyl (C=O) groups is 2. The fourth-order valence-corrected chi connectivity index (χ4v) is 4.74.